The zero-order valence-electron chi connectivity index (χ0n) is 6.83. The third-order valence-electron chi connectivity index (χ3n) is 1.01. The van der Waals surface area contributed by atoms with E-state index in [2.05, 4.69) is 20.3 Å². The number of nitrogens with zero attached hydrogens (tertiary/aromatic N) is 2. The molecule has 12 heavy (non-hydrogen) atoms. The third-order valence-corrected chi connectivity index (χ3v) is 1.76. The molecule has 1 amide bonds. The molecule has 1 N–H and O–H groups in total. The van der Waals surface area contributed by atoms with Gasteiger partial charge in [0.2, 0.25) is 5.13 Å². The van der Waals surface area contributed by atoms with Crippen LogP contribution in [0.15, 0.2) is 0 Å². The lowest BCUT2D eigenvalue weighted by atomic mass is 10.9. The van der Waals surface area contributed by atoms with Gasteiger partial charge in [0.05, 0.1) is 6.61 Å². The maximum Gasteiger partial charge on any atom is 0.413 e. The van der Waals surface area contributed by atoms with Crippen LogP contribution in [-0.4, -0.2) is 22.9 Å². The molecule has 0 saturated carbocycles. The smallest absolute Gasteiger partial charge is 0.413 e. The van der Waals surface area contributed by atoms with E-state index in [4.69, 9.17) is 0 Å². The molecule has 0 spiro atoms. The summed E-state index contributed by atoms with van der Waals surface area (Å²) in [6.45, 7) is 3.91. The van der Waals surface area contributed by atoms with Crippen LogP contribution in [0.5, 0.6) is 0 Å². The summed E-state index contributed by atoms with van der Waals surface area (Å²) in [4.78, 5) is 10.8. The zero-order chi connectivity index (χ0) is 8.97. The van der Waals surface area contributed by atoms with Crippen molar-refractivity contribution in [1.82, 2.24) is 10.2 Å². The molecule has 0 aliphatic rings. The normalized spacial score (nSPS) is 9.50. The molecule has 1 aromatic rings. The van der Waals surface area contributed by atoms with Gasteiger partial charge in [-0.3, -0.25) is 5.32 Å². The number of hydrogen-bond donors (Lipinski definition) is 1. The first-order valence-electron chi connectivity index (χ1n) is 3.46. The van der Waals surface area contributed by atoms with E-state index in [0.29, 0.717) is 11.7 Å². The van der Waals surface area contributed by atoms with Crippen LogP contribution in [0.4, 0.5) is 9.93 Å². The Hall–Kier alpha value is -1.17. The van der Waals surface area contributed by atoms with Crippen molar-refractivity contribution in [3.8, 4) is 0 Å². The Labute approximate surface area is 73.8 Å². The van der Waals surface area contributed by atoms with Crippen molar-refractivity contribution in [1.29, 1.82) is 0 Å². The highest BCUT2D eigenvalue weighted by molar-refractivity contribution is 7.15. The van der Waals surface area contributed by atoms with Crippen molar-refractivity contribution in [2.24, 2.45) is 0 Å². The van der Waals surface area contributed by atoms with Crippen LogP contribution >= 0.6 is 11.3 Å². The number of carbonyl (C=O) groups excluding carboxylic acids is 1. The summed E-state index contributed by atoms with van der Waals surface area (Å²) < 4.78 is 4.64. The van der Waals surface area contributed by atoms with Crippen LogP contribution in [0.25, 0.3) is 0 Å². The fraction of sp³-hybridized carbons (Fsp3) is 0.500. The molecule has 0 radical (unpaired) electrons. The van der Waals surface area contributed by atoms with E-state index in [0.717, 1.165) is 5.01 Å². The topological polar surface area (TPSA) is 64.1 Å². The van der Waals surface area contributed by atoms with E-state index < -0.39 is 6.09 Å². The number of amides is 1. The standard InChI is InChI=1S/C6H9N3O2S/c1-3-11-6(10)7-5-9-8-4(2)12-5/h3H2,1-2H3,(H,7,9,10). The average molecular weight is 187 g/mol. The monoisotopic (exact) mass is 187 g/mol. The maximum absolute atomic E-state index is 10.8. The van der Waals surface area contributed by atoms with Crippen molar-refractivity contribution in [2.45, 2.75) is 13.8 Å². The molecule has 5 nitrogen and oxygen atoms in total. The Morgan fingerprint density at radius 3 is 2.92 bits per heavy atom. The number of anilines is 1. The van der Waals surface area contributed by atoms with Gasteiger partial charge >= 0.3 is 6.09 Å². The summed E-state index contributed by atoms with van der Waals surface area (Å²) >= 11 is 1.31. The maximum atomic E-state index is 10.8. The number of carbonyl (C=O) groups is 1. The molecule has 1 rings (SSSR count). The van der Waals surface area contributed by atoms with Crippen LogP contribution in [0.1, 0.15) is 11.9 Å². The highest BCUT2D eigenvalue weighted by atomic mass is 32.1. The molecule has 0 bridgehead atoms. The average Bonchev–Trinajstić information content (AvgIpc) is 2.36. The van der Waals surface area contributed by atoms with Gasteiger partial charge in [-0.25, -0.2) is 4.79 Å². The molecule has 1 heterocycles. The van der Waals surface area contributed by atoms with Gasteiger partial charge in [0.15, 0.2) is 0 Å². The molecular formula is C6H9N3O2S. The third kappa shape index (κ3) is 2.46. The fourth-order valence-electron chi connectivity index (χ4n) is 0.602. The van der Waals surface area contributed by atoms with Crippen molar-refractivity contribution in [2.75, 3.05) is 11.9 Å². The summed E-state index contributed by atoms with van der Waals surface area (Å²) in [5.41, 5.74) is 0. The predicted octanol–water partition coefficient (Wildman–Crippen LogP) is 1.41. The van der Waals surface area contributed by atoms with Crippen LogP contribution in [-0.2, 0) is 4.74 Å². The second-order valence-electron chi connectivity index (χ2n) is 1.97. The second-order valence-corrected chi connectivity index (χ2v) is 3.15. The van der Waals surface area contributed by atoms with Gasteiger partial charge in [-0.1, -0.05) is 11.3 Å². The molecule has 0 aliphatic heterocycles. The van der Waals surface area contributed by atoms with Gasteiger partial charge in [0.25, 0.3) is 0 Å². The first-order chi connectivity index (χ1) is 5.72. The molecule has 0 atom stereocenters. The van der Waals surface area contributed by atoms with Crippen molar-refractivity contribution in [3.63, 3.8) is 0 Å². The quantitative estimate of drug-likeness (QED) is 0.760. The molecule has 0 unspecified atom stereocenters. The van der Waals surface area contributed by atoms with Gasteiger partial charge in [0.1, 0.15) is 5.01 Å². The molecule has 0 aromatic carbocycles. The van der Waals surface area contributed by atoms with Crippen LogP contribution in [0.3, 0.4) is 0 Å². The molecule has 1 aromatic heterocycles. The summed E-state index contributed by atoms with van der Waals surface area (Å²) in [5, 5.41) is 11.1. The van der Waals surface area contributed by atoms with E-state index in [1.54, 1.807) is 6.92 Å². The van der Waals surface area contributed by atoms with Crippen molar-refractivity contribution >= 4 is 22.6 Å². The Morgan fingerprint density at radius 2 is 2.42 bits per heavy atom. The fourth-order valence-corrected chi connectivity index (χ4v) is 1.18. The second kappa shape index (κ2) is 4.01. The molecular weight excluding hydrogens is 178 g/mol. The summed E-state index contributed by atoms with van der Waals surface area (Å²) in [7, 11) is 0. The number of aromatic nitrogens is 2. The summed E-state index contributed by atoms with van der Waals surface area (Å²) in [5.74, 6) is 0. The highest BCUT2D eigenvalue weighted by Gasteiger charge is 2.05. The van der Waals surface area contributed by atoms with E-state index >= 15 is 0 Å². The number of hydrogen-bond acceptors (Lipinski definition) is 5. The van der Waals surface area contributed by atoms with E-state index in [9.17, 15) is 4.79 Å². The Kier molecular flexibility index (Phi) is 2.98. The molecule has 66 valence electrons. The van der Waals surface area contributed by atoms with Gasteiger partial charge in [0, 0.05) is 0 Å². The predicted molar refractivity (Wildman–Crippen MR) is 45.3 cm³/mol. The molecule has 0 fully saturated rings. The van der Waals surface area contributed by atoms with Gasteiger partial charge in [-0.2, -0.15) is 0 Å². The number of nitrogens with one attached hydrogen (secondary N) is 1. The SMILES string of the molecule is CCOC(=O)Nc1nnc(C)s1. The first-order valence-corrected chi connectivity index (χ1v) is 4.28. The van der Waals surface area contributed by atoms with Gasteiger partial charge in [-0.05, 0) is 13.8 Å². The van der Waals surface area contributed by atoms with Crippen LogP contribution in [0.2, 0.25) is 0 Å². The van der Waals surface area contributed by atoms with E-state index in [-0.39, 0.29) is 0 Å². The zero-order valence-corrected chi connectivity index (χ0v) is 7.64. The minimum atomic E-state index is -0.492. The lowest BCUT2D eigenvalue weighted by molar-refractivity contribution is 0.168. The van der Waals surface area contributed by atoms with Gasteiger partial charge < -0.3 is 4.74 Å². The molecule has 0 aliphatic carbocycles. The molecule has 6 heteroatoms. The number of aryl methyl sites for hydroxylation is 1. The Morgan fingerprint density at radius 1 is 1.67 bits per heavy atom. The highest BCUT2D eigenvalue weighted by Crippen LogP contribution is 2.13. The summed E-state index contributed by atoms with van der Waals surface area (Å²) in [6, 6.07) is 0. The van der Waals surface area contributed by atoms with Crippen LogP contribution in [0, 0.1) is 6.92 Å². The van der Waals surface area contributed by atoms with E-state index in [1.165, 1.54) is 11.3 Å². The van der Waals surface area contributed by atoms with Crippen molar-refractivity contribution < 1.29 is 9.53 Å². The number of rotatable bonds is 2. The Balaban J connectivity index is 2.46. The minimum absolute atomic E-state index is 0.351. The largest absolute Gasteiger partial charge is 0.450 e. The van der Waals surface area contributed by atoms with E-state index in [1.807, 2.05) is 6.92 Å². The lowest BCUT2D eigenvalue weighted by Gasteiger charge is -1.99. The molecule has 0 saturated heterocycles. The van der Waals surface area contributed by atoms with Crippen molar-refractivity contribution in [3.05, 3.63) is 5.01 Å². The Bertz CT molecular complexity index is 274. The summed E-state index contributed by atoms with van der Waals surface area (Å²) in [6.07, 6.45) is -0.492. The minimum Gasteiger partial charge on any atom is -0.450 e. The first kappa shape index (κ1) is 8.92. The van der Waals surface area contributed by atoms with Gasteiger partial charge in [-0.15, -0.1) is 10.2 Å². The lowest BCUT2D eigenvalue weighted by Crippen LogP contribution is -2.12. The van der Waals surface area contributed by atoms with Crippen LogP contribution < -0.4 is 5.32 Å². The number of ether oxygens (including phenoxy) is 1.